The number of hydrogen-bond acceptors (Lipinski definition) is 8. The lowest BCUT2D eigenvalue weighted by Crippen LogP contribution is -2.49. The summed E-state index contributed by atoms with van der Waals surface area (Å²) in [7, 11) is 3.12. The van der Waals surface area contributed by atoms with Gasteiger partial charge in [-0.25, -0.2) is 4.98 Å². The Balaban J connectivity index is 1.44. The van der Waals surface area contributed by atoms with E-state index < -0.39 is 0 Å². The van der Waals surface area contributed by atoms with Crippen LogP contribution in [-0.4, -0.2) is 66.1 Å². The van der Waals surface area contributed by atoms with E-state index in [2.05, 4.69) is 20.1 Å². The molecule has 2 unspecified atom stereocenters. The topological polar surface area (TPSA) is 95.1 Å². The fourth-order valence-electron chi connectivity index (χ4n) is 4.62. The number of aromatic nitrogens is 2. The lowest BCUT2D eigenvalue weighted by atomic mass is 10.1. The van der Waals surface area contributed by atoms with Crippen LogP contribution < -0.4 is 20.3 Å². The quantitative estimate of drug-likeness (QED) is 0.775. The third kappa shape index (κ3) is 3.63. The van der Waals surface area contributed by atoms with Crippen molar-refractivity contribution in [3.63, 3.8) is 0 Å². The maximum Gasteiger partial charge on any atom is 0.258 e. The second-order valence-corrected chi connectivity index (χ2v) is 8.19. The number of nitrogens with one attached hydrogen (secondary N) is 2. The number of likely N-dealkylation sites (tertiary alicyclic amines) is 1. The first-order chi connectivity index (χ1) is 15.2. The van der Waals surface area contributed by atoms with Crippen molar-refractivity contribution in [2.45, 2.75) is 38.0 Å². The lowest BCUT2D eigenvalue weighted by molar-refractivity contribution is 0.0784. The molecule has 3 aliphatic heterocycles. The van der Waals surface area contributed by atoms with Crippen molar-refractivity contribution in [1.29, 1.82) is 0 Å². The molecule has 1 fully saturated rings. The van der Waals surface area contributed by atoms with E-state index >= 15 is 0 Å². The Bertz CT molecular complexity index is 1090. The van der Waals surface area contributed by atoms with E-state index in [1.807, 2.05) is 12.4 Å². The highest BCUT2D eigenvalue weighted by atomic mass is 16.5. The lowest BCUT2D eigenvalue weighted by Gasteiger charge is -2.38. The second kappa shape index (κ2) is 8.22. The molecule has 0 aliphatic carbocycles. The molecule has 1 aromatic carbocycles. The standard InChI is InChI=1S/C22H28N6O3/c1-30-18-9-15-16(10-19(18)31-2)25-20(26-21(15)29)17-13-28-14(11-23-17)12-24-22(28)27-7-5-3-4-6-8-27/h9-12,17,22-23H,3-8,13H2,1-2H3,(H,25,26,29). The van der Waals surface area contributed by atoms with Crippen LogP contribution in [0.3, 0.4) is 0 Å². The van der Waals surface area contributed by atoms with Crippen LogP contribution in [-0.2, 0) is 0 Å². The SMILES string of the molecule is COc1cc2nc(C3CN4C(=CN3)C=NC4N3CCCCCC3)[nH]c(=O)c2cc1OC. The summed E-state index contributed by atoms with van der Waals surface area (Å²) in [5.41, 5.74) is 1.45. The zero-order valence-corrected chi connectivity index (χ0v) is 17.9. The average Bonchev–Trinajstić information content (AvgIpc) is 3.03. The van der Waals surface area contributed by atoms with E-state index in [0.717, 1.165) is 18.8 Å². The molecule has 0 amide bonds. The van der Waals surface area contributed by atoms with Crippen molar-refractivity contribution in [2.24, 2.45) is 4.99 Å². The molecule has 3 aliphatic rings. The van der Waals surface area contributed by atoms with Crippen molar-refractivity contribution in [1.82, 2.24) is 25.1 Å². The van der Waals surface area contributed by atoms with E-state index in [1.54, 1.807) is 26.4 Å². The fraction of sp³-hybridized carbons (Fsp3) is 0.500. The number of fused-ring (bicyclic) bond motifs is 2. The smallest absolute Gasteiger partial charge is 0.258 e. The van der Waals surface area contributed by atoms with Crippen LogP contribution >= 0.6 is 0 Å². The van der Waals surface area contributed by atoms with Crippen molar-refractivity contribution in [2.75, 3.05) is 33.9 Å². The minimum atomic E-state index is -0.195. The van der Waals surface area contributed by atoms with Gasteiger partial charge in [-0.15, -0.1) is 0 Å². The normalized spacial score (nSPS) is 23.8. The van der Waals surface area contributed by atoms with Crippen molar-refractivity contribution in [3.8, 4) is 11.5 Å². The van der Waals surface area contributed by atoms with Gasteiger partial charge in [0.25, 0.3) is 5.56 Å². The number of benzene rings is 1. The first-order valence-corrected chi connectivity index (χ1v) is 10.8. The predicted octanol–water partition coefficient (Wildman–Crippen LogP) is 1.97. The number of aliphatic imine (C=N–C) groups is 1. The highest BCUT2D eigenvalue weighted by Crippen LogP contribution is 2.31. The highest BCUT2D eigenvalue weighted by Gasteiger charge is 2.35. The van der Waals surface area contributed by atoms with Gasteiger partial charge in [-0.3, -0.25) is 14.7 Å². The molecule has 164 valence electrons. The molecule has 9 nitrogen and oxygen atoms in total. The molecular weight excluding hydrogens is 396 g/mol. The summed E-state index contributed by atoms with van der Waals surface area (Å²) in [5, 5.41) is 3.86. The fourth-order valence-corrected chi connectivity index (χ4v) is 4.62. The van der Waals surface area contributed by atoms with Crippen LogP contribution in [0.2, 0.25) is 0 Å². The van der Waals surface area contributed by atoms with Gasteiger partial charge in [0.2, 0.25) is 0 Å². The summed E-state index contributed by atoms with van der Waals surface area (Å²) in [6.07, 6.45) is 8.93. The van der Waals surface area contributed by atoms with Crippen molar-refractivity contribution < 1.29 is 9.47 Å². The maximum atomic E-state index is 12.8. The monoisotopic (exact) mass is 424 g/mol. The molecule has 0 bridgehead atoms. The number of nitrogens with zero attached hydrogens (tertiary/aromatic N) is 4. The largest absolute Gasteiger partial charge is 0.493 e. The molecule has 2 N–H and O–H groups in total. The molecule has 2 atom stereocenters. The molecule has 31 heavy (non-hydrogen) atoms. The van der Waals surface area contributed by atoms with E-state index in [1.165, 1.54) is 25.7 Å². The number of allylic oxidation sites excluding steroid dienone is 1. The Kier molecular flexibility index (Phi) is 5.27. The van der Waals surface area contributed by atoms with Gasteiger partial charge in [0.1, 0.15) is 11.9 Å². The average molecular weight is 425 g/mol. The number of methoxy groups -OCH3 is 2. The van der Waals surface area contributed by atoms with Crippen molar-refractivity contribution >= 4 is 17.1 Å². The molecule has 9 heteroatoms. The zero-order chi connectivity index (χ0) is 21.4. The summed E-state index contributed by atoms with van der Waals surface area (Å²) in [6.45, 7) is 2.81. The van der Waals surface area contributed by atoms with Gasteiger partial charge >= 0.3 is 0 Å². The Morgan fingerprint density at radius 3 is 2.55 bits per heavy atom. The third-order valence-electron chi connectivity index (χ3n) is 6.29. The minimum absolute atomic E-state index is 0.0190. The van der Waals surface area contributed by atoms with Gasteiger partial charge in [0, 0.05) is 31.9 Å². The maximum absolute atomic E-state index is 12.8. The van der Waals surface area contributed by atoms with Crippen LogP contribution in [0.4, 0.5) is 0 Å². The summed E-state index contributed by atoms with van der Waals surface area (Å²) >= 11 is 0. The Hall–Kier alpha value is -3.07. The Morgan fingerprint density at radius 2 is 1.81 bits per heavy atom. The molecular formula is C22H28N6O3. The van der Waals surface area contributed by atoms with Gasteiger partial charge in [0.15, 0.2) is 17.8 Å². The molecule has 4 heterocycles. The van der Waals surface area contributed by atoms with Crippen molar-refractivity contribution in [3.05, 3.63) is 40.2 Å². The number of ether oxygens (including phenoxy) is 2. The van der Waals surface area contributed by atoms with E-state index in [9.17, 15) is 4.79 Å². The van der Waals surface area contributed by atoms with Gasteiger partial charge in [0.05, 0.1) is 37.0 Å². The number of aromatic amines is 1. The molecule has 1 aromatic heterocycles. The Morgan fingerprint density at radius 1 is 1.06 bits per heavy atom. The summed E-state index contributed by atoms with van der Waals surface area (Å²) in [6, 6.07) is 3.26. The van der Waals surface area contributed by atoms with Crippen LogP contribution in [0, 0.1) is 0 Å². The van der Waals surface area contributed by atoms with E-state index in [4.69, 9.17) is 19.5 Å². The van der Waals surface area contributed by atoms with Gasteiger partial charge < -0.3 is 24.7 Å². The summed E-state index contributed by atoms with van der Waals surface area (Å²) in [5.74, 6) is 1.65. The summed E-state index contributed by atoms with van der Waals surface area (Å²) < 4.78 is 10.7. The predicted molar refractivity (Wildman–Crippen MR) is 118 cm³/mol. The van der Waals surface area contributed by atoms with Gasteiger partial charge in [-0.2, -0.15) is 0 Å². The van der Waals surface area contributed by atoms with Crippen LogP contribution in [0.1, 0.15) is 37.5 Å². The number of H-pyrrole nitrogens is 1. The molecule has 0 radical (unpaired) electrons. The van der Waals surface area contributed by atoms with Crippen LogP contribution in [0.25, 0.3) is 10.9 Å². The first-order valence-electron chi connectivity index (χ1n) is 10.8. The molecule has 5 rings (SSSR count). The highest BCUT2D eigenvalue weighted by molar-refractivity contribution is 5.82. The third-order valence-corrected chi connectivity index (χ3v) is 6.29. The van der Waals surface area contributed by atoms with Crippen LogP contribution in [0.15, 0.2) is 33.8 Å². The van der Waals surface area contributed by atoms with E-state index in [-0.39, 0.29) is 17.9 Å². The van der Waals surface area contributed by atoms with E-state index in [0.29, 0.717) is 34.8 Å². The van der Waals surface area contributed by atoms with Gasteiger partial charge in [-0.1, -0.05) is 12.8 Å². The van der Waals surface area contributed by atoms with Gasteiger partial charge in [-0.05, 0) is 18.9 Å². The second-order valence-electron chi connectivity index (χ2n) is 8.19. The molecule has 0 saturated carbocycles. The molecule has 2 aromatic rings. The molecule has 1 saturated heterocycles. The Labute approximate surface area is 180 Å². The zero-order valence-electron chi connectivity index (χ0n) is 17.9. The first kappa shape index (κ1) is 19.9. The molecule has 0 spiro atoms. The minimum Gasteiger partial charge on any atom is -0.493 e. The summed E-state index contributed by atoms with van der Waals surface area (Å²) in [4.78, 5) is 30.0. The van der Waals surface area contributed by atoms with Crippen LogP contribution in [0.5, 0.6) is 11.5 Å². The number of hydrogen-bond donors (Lipinski definition) is 2. The number of rotatable bonds is 4.